The van der Waals surface area contributed by atoms with Crippen LogP contribution in [0.2, 0.25) is 0 Å². The number of rotatable bonds is 25. The molecule has 0 saturated carbocycles. The minimum Gasteiger partial charge on any atom is -0.479 e. The highest BCUT2D eigenvalue weighted by Gasteiger charge is 2.55. The lowest BCUT2D eigenvalue weighted by atomic mass is 9.79. The molecule has 14 heteroatoms. The van der Waals surface area contributed by atoms with Gasteiger partial charge in [0.1, 0.15) is 18.3 Å². The summed E-state index contributed by atoms with van der Waals surface area (Å²) in [6, 6.07) is 0. The first-order chi connectivity index (χ1) is 35.4. The van der Waals surface area contributed by atoms with E-state index in [0.717, 1.165) is 63.5 Å². The predicted octanol–water partition coefficient (Wildman–Crippen LogP) is 11.2. The van der Waals surface area contributed by atoms with Gasteiger partial charge >= 0.3 is 11.9 Å². The fraction of sp³-hybridized carbons (Fsp3) is 0.867. The van der Waals surface area contributed by atoms with Crippen LogP contribution in [0.1, 0.15) is 221 Å². The van der Waals surface area contributed by atoms with Crippen molar-refractivity contribution in [3.05, 3.63) is 36.0 Å². The minimum absolute atomic E-state index is 0.0398. The number of aliphatic carboxylic acids is 1. The van der Waals surface area contributed by atoms with E-state index in [1.54, 1.807) is 0 Å². The van der Waals surface area contributed by atoms with E-state index in [0.29, 0.717) is 69.3 Å². The molecule has 0 amide bonds. The van der Waals surface area contributed by atoms with E-state index in [1.165, 1.54) is 71.1 Å². The lowest BCUT2D eigenvalue weighted by Gasteiger charge is -2.50. The summed E-state index contributed by atoms with van der Waals surface area (Å²) in [6.45, 7) is 16.9. The third-order valence-electron chi connectivity index (χ3n) is 17.7. The van der Waals surface area contributed by atoms with Crippen LogP contribution >= 0.6 is 0 Å². The highest BCUT2D eigenvalue weighted by molar-refractivity contribution is 5.76. The molecule has 14 nitrogen and oxygen atoms in total. The number of fused-ring (bicyclic) bond motifs is 1. The zero-order chi connectivity index (χ0) is 53.1. The van der Waals surface area contributed by atoms with Crippen LogP contribution in [-0.2, 0) is 47.5 Å². The number of aliphatic hydroxyl groups excluding tert-OH is 2. The summed E-state index contributed by atoms with van der Waals surface area (Å²) in [5.74, 6) is -4.24. The van der Waals surface area contributed by atoms with Crippen molar-refractivity contribution in [1.29, 1.82) is 0 Å². The summed E-state index contributed by atoms with van der Waals surface area (Å²) in [7, 11) is 0. The number of carboxylic acid groups (broad SMARTS) is 1. The molecule has 0 aromatic carbocycles. The van der Waals surface area contributed by atoms with Crippen molar-refractivity contribution in [3.8, 4) is 0 Å². The Morgan fingerprint density at radius 3 is 2.22 bits per heavy atom. The SMILES string of the molecule is C=C1C(O)C2OC3(CCC(/C=C/C(C)C4CC(C)=CC5(OC(CC(C)(O)C(=O)O)CCC5OC(=O)CCCCCCCCCCCCCCC)O4)O3)CCC2OC1C(O)CC(C)C1OC2(CCCCO2)CCC1C. The molecule has 7 rings (SSSR count). The van der Waals surface area contributed by atoms with E-state index in [1.807, 2.05) is 13.0 Å². The van der Waals surface area contributed by atoms with E-state index in [2.05, 4.69) is 46.4 Å². The maximum absolute atomic E-state index is 13.5. The fourth-order valence-electron chi connectivity index (χ4n) is 13.2. The Labute approximate surface area is 444 Å². The highest BCUT2D eigenvalue weighted by atomic mass is 16.7. The smallest absolute Gasteiger partial charge is 0.335 e. The Morgan fingerprint density at radius 2 is 1.54 bits per heavy atom. The molecule has 17 unspecified atom stereocenters. The summed E-state index contributed by atoms with van der Waals surface area (Å²) in [6.07, 6.45) is 25.5. The number of carbonyl (C=O) groups excluding carboxylic acids is 1. The van der Waals surface area contributed by atoms with Gasteiger partial charge in [-0.1, -0.05) is 129 Å². The van der Waals surface area contributed by atoms with Crippen molar-refractivity contribution in [2.75, 3.05) is 6.61 Å². The second kappa shape index (κ2) is 27.1. The minimum atomic E-state index is -2.01. The molecule has 7 aliphatic rings. The summed E-state index contributed by atoms with van der Waals surface area (Å²) in [5, 5.41) is 43.9. The number of hydrogen-bond acceptors (Lipinski definition) is 13. The predicted molar refractivity (Wildman–Crippen MR) is 282 cm³/mol. The van der Waals surface area contributed by atoms with Crippen molar-refractivity contribution >= 4 is 11.9 Å². The molecular formula is C60H98O14. The first-order valence-corrected chi connectivity index (χ1v) is 29.6. The Morgan fingerprint density at radius 1 is 0.865 bits per heavy atom. The van der Waals surface area contributed by atoms with Gasteiger partial charge in [0.25, 0.3) is 0 Å². The highest BCUT2D eigenvalue weighted by Crippen LogP contribution is 2.48. The van der Waals surface area contributed by atoms with Crippen LogP contribution in [0.15, 0.2) is 36.0 Å². The standard InChI is InChI=1S/C60H98O14/c1-8-9-10-11-12-13-14-15-16-17-18-19-20-23-51(62)69-50-27-26-46(39-57(7,66)56(64)65)71-60(50)38-40(2)36-49(72-60)41(3)24-25-45-29-33-59(70-45)34-30-48-55(74-59)52(63)44(6)54(68-48)47(61)37-43(5)53-42(4)28-32-58(73-53)31-21-22-35-67-58/h24-25,38,41-43,45-50,52-55,61,63,66H,6,8-23,26-37,39H2,1-5,7H3,(H,64,65)/b25-24+. The topological polar surface area (TPSA) is 189 Å². The molecule has 0 aromatic heterocycles. The van der Waals surface area contributed by atoms with Gasteiger partial charge in [-0.15, -0.1) is 0 Å². The fourth-order valence-corrected chi connectivity index (χ4v) is 13.2. The van der Waals surface area contributed by atoms with Gasteiger partial charge in [-0.25, -0.2) is 4.79 Å². The van der Waals surface area contributed by atoms with E-state index >= 15 is 0 Å². The number of aliphatic hydroxyl groups is 3. The zero-order valence-corrected chi connectivity index (χ0v) is 46.3. The average Bonchev–Trinajstić information content (AvgIpc) is 3.76. The van der Waals surface area contributed by atoms with Gasteiger partial charge in [0, 0.05) is 44.4 Å². The second-order valence-corrected chi connectivity index (χ2v) is 24.3. The molecule has 6 saturated heterocycles. The quantitative estimate of drug-likeness (QED) is 0.0384. The van der Waals surface area contributed by atoms with E-state index in [9.17, 15) is 30.0 Å². The molecular weight excluding hydrogens is 945 g/mol. The lowest BCUT2D eigenvalue weighted by molar-refractivity contribution is -0.322. The number of ether oxygens (including phenoxy) is 8. The normalized spacial score (nSPS) is 37.6. The Balaban J connectivity index is 0.898. The molecule has 6 fully saturated rings. The van der Waals surface area contributed by atoms with Gasteiger partial charge in [0.05, 0.1) is 43.2 Å². The van der Waals surface area contributed by atoms with E-state index in [4.69, 9.17) is 37.9 Å². The van der Waals surface area contributed by atoms with Gasteiger partial charge in [0.2, 0.25) is 5.79 Å². The Bertz CT molecular complexity index is 1860. The average molecular weight is 1040 g/mol. The van der Waals surface area contributed by atoms with Gasteiger partial charge in [-0.2, -0.15) is 0 Å². The van der Waals surface area contributed by atoms with Gasteiger partial charge < -0.3 is 58.3 Å². The van der Waals surface area contributed by atoms with Crippen LogP contribution in [0.3, 0.4) is 0 Å². The van der Waals surface area contributed by atoms with Gasteiger partial charge in [0.15, 0.2) is 23.3 Å². The number of esters is 1. The Kier molecular flexibility index (Phi) is 21.7. The zero-order valence-electron chi connectivity index (χ0n) is 46.3. The van der Waals surface area contributed by atoms with Crippen LogP contribution in [-0.4, -0.2) is 123 Å². The van der Waals surface area contributed by atoms with Crippen molar-refractivity contribution in [3.63, 3.8) is 0 Å². The second-order valence-electron chi connectivity index (χ2n) is 24.3. The molecule has 7 heterocycles. The third kappa shape index (κ3) is 15.5. The number of carbonyl (C=O) groups is 2. The van der Waals surface area contributed by atoms with Gasteiger partial charge in [-0.05, 0) is 102 Å². The third-order valence-corrected chi connectivity index (χ3v) is 17.7. The largest absolute Gasteiger partial charge is 0.479 e. The molecule has 74 heavy (non-hydrogen) atoms. The Hall–Kier alpha value is -2.24. The van der Waals surface area contributed by atoms with Gasteiger partial charge in [-0.3, -0.25) is 4.79 Å². The monoisotopic (exact) mass is 1040 g/mol. The molecule has 422 valence electrons. The van der Waals surface area contributed by atoms with Crippen LogP contribution in [0, 0.1) is 17.8 Å². The number of hydrogen-bond donors (Lipinski definition) is 4. The number of unbranched alkanes of at least 4 members (excludes halogenated alkanes) is 12. The molecule has 0 bridgehead atoms. The first-order valence-electron chi connectivity index (χ1n) is 29.6. The molecule has 0 aliphatic carbocycles. The number of carboxylic acids is 1. The first kappa shape index (κ1) is 59.4. The molecule has 7 aliphatic heterocycles. The van der Waals surface area contributed by atoms with Crippen LogP contribution in [0.5, 0.6) is 0 Å². The van der Waals surface area contributed by atoms with E-state index in [-0.39, 0.29) is 42.5 Å². The summed E-state index contributed by atoms with van der Waals surface area (Å²) in [4.78, 5) is 25.4. The van der Waals surface area contributed by atoms with Crippen LogP contribution < -0.4 is 0 Å². The summed E-state index contributed by atoms with van der Waals surface area (Å²) >= 11 is 0. The maximum Gasteiger partial charge on any atom is 0.335 e. The molecule has 17 atom stereocenters. The lowest BCUT2D eigenvalue weighted by Crippen LogP contribution is -2.60. The van der Waals surface area contributed by atoms with Crippen molar-refractivity contribution in [2.45, 2.75) is 305 Å². The van der Waals surface area contributed by atoms with Crippen LogP contribution in [0.4, 0.5) is 0 Å². The molecule has 3 spiro atoms. The van der Waals surface area contributed by atoms with Crippen molar-refractivity contribution in [1.82, 2.24) is 0 Å². The molecule has 0 aromatic rings. The maximum atomic E-state index is 13.5. The van der Waals surface area contributed by atoms with Crippen molar-refractivity contribution < 1.29 is 67.9 Å². The van der Waals surface area contributed by atoms with Crippen molar-refractivity contribution in [2.24, 2.45) is 17.8 Å². The molecule has 4 N–H and O–H groups in total. The molecule has 0 radical (unpaired) electrons. The summed E-state index contributed by atoms with van der Waals surface area (Å²) < 4.78 is 52.6. The van der Waals surface area contributed by atoms with Crippen LogP contribution in [0.25, 0.3) is 0 Å². The summed E-state index contributed by atoms with van der Waals surface area (Å²) in [5.41, 5.74) is -0.593. The van der Waals surface area contributed by atoms with E-state index < -0.39 is 71.7 Å².